The van der Waals surface area contributed by atoms with Crippen molar-refractivity contribution in [1.29, 1.82) is 0 Å². The summed E-state index contributed by atoms with van der Waals surface area (Å²) in [6.07, 6.45) is 0. The molecule has 4 rings (SSSR count). The number of rotatable bonds is 6. The predicted molar refractivity (Wildman–Crippen MR) is 104 cm³/mol. The van der Waals surface area contributed by atoms with Crippen LogP contribution in [-0.4, -0.2) is 53.0 Å². The number of benzene rings is 2. The third-order valence-electron chi connectivity index (χ3n) is 4.83. The molecule has 0 bridgehead atoms. The average Bonchev–Trinajstić information content (AvgIpc) is 3.19. The van der Waals surface area contributed by atoms with Crippen LogP contribution in [0.1, 0.15) is 6.92 Å². The van der Waals surface area contributed by atoms with E-state index in [2.05, 4.69) is 32.4 Å². The molecule has 0 radical (unpaired) electrons. The maximum atomic E-state index is 5.78. The van der Waals surface area contributed by atoms with Crippen molar-refractivity contribution in [2.24, 2.45) is 0 Å². The molecule has 1 aromatic heterocycles. The van der Waals surface area contributed by atoms with E-state index in [0.717, 1.165) is 44.2 Å². The van der Waals surface area contributed by atoms with Crippen LogP contribution in [0.15, 0.2) is 54.6 Å². The second-order valence-electron chi connectivity index (χ2n) is 6.65. The van der Waals surface area contributed by atoms with Crippen LogP contribution >= 0.6 is 0 Å². The molecule has 0 amide bonds. The molecule has 0 aliphatic carbocycles. The lowest BCUT2D eigenvalue weighted by atomic mass is 10.2. The fourth-order valence-corrected chi connectivity index (χ4v) is 3.43. The molecule has 7 nitrogen and oxygen atoms in total. The fraction of sp³-hybridized carbons (Fsp3) is 0.350. The van der Waals surface area contributed by atoms with Gasteiger partial charge < -0.3 is 14.5 Å². The average molecular weight is 365 g/mol. The summed E-state index contributed by atoms with van der Waals surface area (Å²) in [4.78, 5) is 5.57. The highest BCUT2D eigenvalue weighted by Gasteiger charge is 2.23. The smallest absolute Gasteiger partial charge is 0.205 e. The number of piperazine rings is 1. The van der Waals surface area contributed by atoms with Crippen molar-refractivity contribution in [3.63, 3.8) is 0 Å². The Kier molecular flexibility index (Phi) is 5.29. The van der Waals surface area contributed by atoms with E-state index < -0.39 is 0 Å². The highest BCUT2D eigenvalue weighted by atomic mass is 16.5. The molecule has 140 valence electrons. The number of nitrogens with zero attached hydrogens (tertiary/aromatic N) is 5. The summed E-state index contributed by atoms with van der Waals surface area (Å²) in [7, 11) is 0. The van der Waals surface area contributed by atoms with Gasteiger partial charge in [-0.2, -0.15) is 0 Å². The Balaban J connectivity index is 1.36. The second kappa shape index (κ2) is 8.18. The van der Waals surface area contributed by atoms with Crippen LogP contribution in [0, 0.1) is 0 Å². The molecule has 1 aliphatic heterocycles. The van der Waals surface area contributed by atoms with Crippen LogP contribution in [0.4, 0.5) is 5.69 Å². The molecule has 0 unspecified atom stereocenters. The number of nitrogens with one attached hydrogen (secondary N) is 1. The molecule has 0 atom stereocenters. The lowest BCUT2D eigenvalue weighted by Gasteiger charge is -2.33. The first kappa shape index (κ1) is 17.5. The third kappa shape index (κ3) is 4.09. The van der Waals surface area contributed by atoms with Gasteiger partial charge in [-0.25, -0.2) is 0 Å². The van der Waals surface area contributed by atoms with E-state index in [-0.39, 0.29) is 0 Å². The molecule has 1 saturated heterocycles. The molecule has 0 spiro atoms. The minimum absolute atomic E-state index is 0.680. The maximum absolute atomic E-state index is 5.78. The highest BCUT2D eigenvalue weighted by molar-refractivity contribution is 5.58. The maximum Gasteiger partial charge on any atom is 0.205 e. The zero-order valence-corrected chi connectivity index (χ0v) is 15.6. The molecular formula is C20H25N6O+. The summed E-state index contributed by atoms with van der Waals surface area (Å²) < 4.78 is 5.78. The monoisotopic (exact) mass is 365 g/mol. The summed E-state index contributed by atoms with van der Waals surface area (Å²) in [5.74, 6) is 1.65. The Bertz CT molecular complexity index is 858. The van der Waals surface area contributed by atoms with Crippen molar-refractivity contribution in [2.45, 2.75) is 13.6 Å². The van der Waals surface area contributed by atoms with Crippen LogP contribution in [0.3, 0.4) is 0 Å². The topological polar surface area (TPSA) is 60.5 Å². The lowest BCUT2D eigenvalue weighted by molar-refractivity contribution is -0.924. The zero-order chi connectivity index (χ0) is 18.5. The largest absolute Gasteiger partial charge is 0.492 e. The van der Waals surface area contributed by atoms with Crippen LogP contribution in [0.5, 0.6) is 5.75 Å². The van der Waals surface area contributed by atoms with E-state index >= 15 is 0 Å². The van der Waals surface area contributed by atoms with E-state index in [1.807, 2.05) is 49.4 Å². The molecule has 1 fully saturated rings. The fourth-order valence-electron chi connectivity index (χ4n) is 3.43. The van der Waals surface area contributed by atoms with Crippen molar-refractivity contribution in [3.05, 3.63) is 54.6 Å². The van der Waals surface area contributed by atoms with Crippen LogP contribution < -0.4 is 14.5 Å². The van der Waals surface area contributed by atoms with E-state index in [9.17, 15) is 0 Å². The Morgan fingerprint density at radius 3 is 2.52 bits per heavy atom. The second-order valence-corrected chi connectivity index (χ2v) is 6.65. The number of hydrogen-bond acceptors (Lipinski definition) is 5. The van der Waals surface area contributed by atoms with E-state index in [4.69, 9.17) is 4.74 Å². The van der Waals surface area contributed by atoms with Gasteiger partial charge in [-0.1, -0.05) is 42.5 Å². The Labute approximate surface area is 159 Å². The van der Waals surface area contributed by atoms with Gasteiger partial charge in [0.2, 0.25) is 5.82 Å². The SMILES string of the molecule is CCOc1ccccc1N1CC[NH+](Cn2nnc(-c3ccccc3)n2)CC1. The number of quaternary nitrogens is 1. The number of hydrogen-bond donors (Lipinski definition) is 1. The molecule has 0 saturated carbocycles. The number of anilines is 1. The quantitative estimate of drug-likeness (QED) is 0.709. The van der Waals surface area contributed by atoms with Crippen molar-refractivity contribution in [3.8, 4) is 17.1 Å². The van der Waals surface area contributed by atoms with Gasteiger partial charge in [0.15, 0.2) is 6.67 Å². The van der Waals surface area contributed by atoms with Crippen molar-refractivity contribution < 1.29 is 9.64 Å². The molecule has 1 N–H and O–H groups in total. The first-order valence-corrected chi connectivity index (χ1v) is 9.47. The first-order valence-electron chi connectivity index (χ1n) is 9.47. The summed E-state index contributed by atoms with van der Waals surface area (Å²) in [6, 6.07) is 18.2. The van der Waals surface area contributed by atoms with E-state index in [1.54, 1.807) is 4.80 Å². The van der Waals surface area contributed by atoms with Gasteiger partial charge in [-0.05, 0) is 24.3 Å². The molecule has 1 aliphatic rings. The molecule has 2 aromatic carbocycles. The Morgan fingerprint density at radius 1 is 1.00 bits per heavy atom. The molecule has 7 heteroatoms. The zero-order valence-electron chi connectivity index (χ0n) is 15.6. The minimum atomic E-state index is 0.680. The van der Waals surface area contributed by atoms with Crippen LogP contribution in [0.2, 0.25) is 0 Å². The van der Waals surface area contributed by atoms with Gasteiger partial charge in [-0.15, -0.1) is 15.0 Å². The highest BCUT2D eigenvalue weighted by Crippen LogP contribution is 2.27. The first-order chi connectivity index (χ1) is 13.3. The van der Waals surface area contributed by atoms with Crippen molar-refractivity contribution >= 4 is 5.69 Å². The third-order valence-corrected chi connectivity index (χ3v) is 4.83. The Morgan fingerprint density at radius 2 is 1.74 bits per heavy atom. The normalized spacial score (nSPS) is 15.1. The summed E-state index contributed by atoms with van der Waals surface area (Å²) in [6.45, 7) is 7.48. The molecule has 27 heavy (non-hydrogen) atoms. The molecular weight excluding hydrogens is 340 g/mol. The van der Waals surface area contributed by atoms with Crippen molar-refractivity contribution in [2.75, 3.05) is 37.7 Å². The summed E-state index contributed by atoms with van der Waals surface area (Å²) >= 11 is 0. The van der Waals surface area contributed by atoms with Gasteiger partial charge in [0.05, 0.1) is 38.5 Å². The molecule has 3 aromatic rings. The van der Waals surface area contributed by atoms with Crippen LogP contribution in [0.25, 0.3) is 11.4 Å². The van der Waals surface area contributed by atoms with E-state index in [1.165, 1.54) is 10.6 Å². The van der Waals surface area contributed by atoms with Gasteiger partial charge >= 0.3 is 0 Å². The standard InChI is InChI=1S/C20H24N6O/c1-2-27-19-11-7-6-10-18(19)25-14-12-24(13-15-25)16-26-22-20(21-23-26)17-8-4-3-5-9-17/h3-11H,2,12-16H2,1H3/p+1. The predicted octanol–water partition coefficient (Wildman–Crippen LogP) is 1.10. The minimum Gasteiger partial charge on any atom is -0.492 e. The van der Waals surface area contributed by atoms with Crippen LogP contribution in [-0.2, 0) is 6.67 Å². The molecule has 2 heterocycles. The summed E-state index contributed by atoms with van der Waals surface area (Å²) in [5, 5.41) is 12.9. The number of tetrazole rings is 1. The number of para-hydroxylation sites is 2. The number of ether oxygens (including phenoxy) is 1. The van der Waals surface area contributed by atoms with Gasteiger partial charge in [-0.3, -0.25) is 0 Å². The Hall–Kier alpha value is -2.93. The van der Waals surface area contributed by atoms with Crippen molar-refractivity contribution in [1.82, 2.24) is 20.2 Å². The van der Waals surface area contributed by atoms with Gasteiger partial charge in [0.25, 0.3) is 0 Å². The van der Waals surface area contributed by atoms with Gasteiger partial charge in [0, 0.05) is 5.56 Å². The summed E-state index contributed by atoms with van der Waals surface area (Å²) in [5.41, 5.74) is 2.18. The number of aromatic nitrogens is 4. The van der Waals surface area contributed by atoms with Gasteiger partial charge in [0.1, 0.15) is 5.75 Å². The van der Waals surface area contributed by atoms with E-state index in [0.29, 0.717) is 12.4 Å². The lowest BCUT2D eigenvalue weighted by Crippen LogP contribution is -3.14.